The number of hydrogen-bond acceptors (Lipinski definition) is 3. The van der Waals surface area contributed by atoms with Crippen molar-refractivity contribution in [1.29, 1.82) is 0 Å². The van der Waals surface area contributed by atoms with Gasteiger partial charge in [0.05, 0.1) is 5.56 Å². The number of hydrogen-bond donors (Lipinski definition) is 2. The molecule has 0 aliphatic carbocycles. The van der Waals surface area contributed by atoms with Gasteiger partial charge in [0, 0.05) is 28.9 Å². The number of carbonyl (C=O) groups excluding carboxylic acids is 1. The molecular weight excluding hydrogens is 375 g/mol. The maximum Gasteiger partial charge on any atom is 0.416 e. The summed E-state index contributed by atoms with van der Waals surface area (Å²) in [6.45, 7) is 1.91. The Morgan fingerprint density at radius 2 is 1.89 bits per heavy atom. The summed E-state index contributed by atoms with van der Waals surface area (Å²) in [5, 5.41) is 8.06. The molecule has 0 aliphatic rings. The zero-order valence-corrected chi connectivity index (χ0v) is 15.1. The van der Waals surface area contributed by atoms with E-state index in [1.807, 2.05) is 24.4 Å². The number of aromatic nitrogens is 1. The highest BCUT2D eigenvalue weighted by molar-refractivity contribution is 7.13. The first-order valence-corrected chi connectivity index (χ1v) is 8.93. The van der Waals surface area contributed by atoms with Crippen molar-refractivity contribution >= 4 is 23.1 Å². The fourth-order valence-electron chi connectivity index (χ4n) is 2.40. The van der Waals surface area contributed by atoms with Crippen molar-refractivity contribution in [1.82, 2.24) is 10.3 Å². The third-order valence-electron chi connectivity index (χ3n) is 3.72. The Morgan fingerprint density at radius 1 is 1.15 bits per heavy atom. The summed E-state index contributed by atoms with van der Waals surface area (Å²) in [5.74, 6) is 0. The highest BCUT2D eigenvalue weighted by Crippen LogP contribution is 2.29. The molecule has 2 amide bonds. The van der Waals surface area contributed by atoms with Crippen LogP contribution in [0.5, 0.6) is 0 Å². The van der Waals surface area contributed by atoms with Crippen LogP contribution < -0.4 is 10.6 Å². The van der Waals surface area contributed by atoms with Crippen molar-refractivity contribution in [3.05, 3.63) is 70.7 Å². The van der Waals surface area contributed by atoms with Crippen LogP contribution in [0.3, 0.4) is 0 Å². The van der Waals surface area contributed by atoms with Crippen molar-refractivity contribution in [2.75, 3.05) is 5.32 Å². The number of halogens is 3. The average Bonchev–Trinajstić information content (AvgIpc) is 3.07. The van der Waals surface area contributed by atoms with Gasteiger partial charge in [-0.3, -0.25) is 0 Å². The fraction of sp³-hybridized carbons (Fsp3) is 0.158. The highest BCUT2D eigenvalue weighted by atomic mass is 32.1. The number of nitrogens with zero attached hydrogens (tertiary/aromatic N) is 1. The second-order valence-corrected chi connectivity index (χ2v) is 6.74. The molecule has 0 saturated heterocycles. The number of carbonyl (C=O) groups is 1. The summed E-state index contributed by atoms with van der Waals surface area (Å²) in [6.07, 6.45) is -4.41. The molecule has 0 aliphatic heterocycles. The summed E-state index contributed by atoms with van der Waals surface area (Å²) in [7, 11) is 0. The van der Waals surface area contributed by atoms with Gasteiger partial charge in [-0.2, -0.15) is 13.2 Å². The lowest BCUT2D eigenvalue weighted by Gasteiger charge is -2.10. The Morgan fingerprint density at radius 3 is 2.52 bits per heavy atom. The fourth-order valence-corrected chi connectivity index (χ4v) is 3.20. The van der Waals surface area contributed by atoms with Crippen LogP contribution in [0.2, 0.25) is 0 Å². The molecule has 3 aromatic rings. The van der Waals surface area contributed by atoms with E-state index in [1.165, 1.54) is 12.1 Å². The van der Waals surface area contributed by atoms with Crippen LogP contribution in [0.4, 0.5) is 23.7 Å². The average molecular weight is 391 g/mol. The van der Waals surface area contributed by atoms with Crippen LogP contribution in [0.25, 0.3) is 10.6 Å². The zero-order chi connectivity index (χ0) is 19.4. The van der Waals surface area contributed by atoms with Crippen LogP contribution in [0, 0.1) is 6.92 Å². The molecular formula is C19H16F3N3OS. The Bertz CT molecular complexity index is 936. The Hall–Kier alpha value is -2.87. The van der Waals surface area contributed by atoms with Crippen molar-refractivity contribution in [3.8, 4) is 10.6 Å². The molecule has 2 N–H and O–H groups in total. The molecule has 140 valence electrons. The first-order valence-electron chi connectivity index (χ1n) is 8.05. The van der Waals surface area contributed by atoms with E-state index >= 15 is 0 Å². The van der Waals surface area contributed by atoms with E-state index in [0.717, 1.165) is 28.4 Å². The third-order valence-corrected chi connectivity index (χ3v) is 4.73. The molecule has 0 radical (unpaired) electrons. The van der Waals surface area contributed by atoms with Crippen LogP contribution in [-0.2, 0) is 12.7 Å². The Kier molecular flexibility index (Phi) is 5.46. The molecule has 2 aromatic carbocycles. The second-order valence-electron chi connectivity index (χ2n) is 5.88. The number of aryl methyl sites for hydroxylation is 1. The second kappa shape index (κ2) is 7.79. The number of anilines is 1. The molecule has 1 aromatic heterocycles. The van der Waals surface area contributed by atoms with Crippen LogP contribution in [0.1, 0.15) is 16.8 Å². The SMILES string of the molecule is Cc1csc(-c2ccc(NC(=O)NCc3cccc(C(F)(F)F)c3)cc2)n1. The van der Waals surface area contributed by atoms with E-state index < -0.39 is 17.8 Å². The summed E-state index contributed by atoms with van der Waals surface area (Å²) in [5.41, 5.74) is 2.10. The van der Waals surface area contributed by atoms with E-state index in [0.29, 0.717) is 11.3 Å². The van der Waals surface area contributed by atoms with Crippen molar-refractivity contribution in [2.45, 2.75) is 19.6 Å². The maximum atomic E-state index is 12.7. The van der Waals surface area contributed by atoms with E-state index in [-0.39, 0.29) is 6.54 Å². The number of amides is 2. The molecule has 0 unspecified atom stereocenters. The number of alkyl halides is 3. The molecule has 4 nitrogen and oxygen atoms in total. The lowest BCUT2D eigenvalue weighted by molar-refractivity contribution is -0.137. The minimum Gasteiger partial charge on any atom is -0.334 e. The molecule has 3 rings (SSSR count). The van der Waals surface area contributed by atoms with Crippen molar-refractivity contribution < 1.29 is 18.0 Å². The first-order chi connectivity index (χ1) is 12.8. The van der Waals surface area contributed by atoms with E-state index in [1.54, 1.807) is 23.5 Å². The van der Waals surface area contributed by atoms with Crippen molar-refractivity contribution in [2.24, 2.45) is 0 Å². The van der Waals surface area contributed by atoms with Gasteiger partial charge in [0.25, 0.3) is 0 Å². The summed E-state index contributed by atoms with van der Waals surface area (Å²) >= 11 is 1.54. The topological polar surface area (TPSA) is 54.0 Å². The summed E-state index contributed by atoms with van der Waals surface area (Å²) in [4.78, 5) is 16.4. The predicted molar refractivity (Wildman–Crippen MR) is 99.6 cm³/mol. The molecule has 8 heteroatoms. The predicted octanol–water partition coefficient (Wildman–Crippen LogP) is 5.46. The molecule has 27 heavy (non-hydrogen) atoms. The molecule has 0 saturated carbocycles. The number of thiazole rings is 1. The van der Waals surface area contributed by atoms with Gasteiger partial charge >= 0.3 is 12.2 Å². The van der Waals surface area contributed by atoms with Crippen LogP contribution in [0.15, 0.2) is 53.9 Å². The quantitative estimate of drug-likeness (QED) is 0.621. The number of benzene rings is 2. The number of rotatable bonds is 4. The zero-order valence-electron chi connectivity index (χ0n) is 14.3. The first kappa shape index (κ1) is 18.9. The molecule has 0 bridgehead atoms. The Labute approximate surface area is 158 Å². The standard InChI is InChI=1S/C19H16F3N3OS/c1-12-11-27-17(24-12)14-5-7-16(8-6-14)25-18(26)23-10-13-3-2-4-15(9-13)19(20,21)22/h2-9,11H,10H2,1H3,(H2,23,25,26). The van der Waals surface area contributed by atoms with E-state index in [2.05, 4.69) is 15.6 Å². The third kappa shape index (κ3) is 5.07. The lowest BCUT2D eigenvalue weighted by Crippen LogP contribution is -2.28. The summed E-state index contributed by atoms with van der Waals surface area (Å²) < 4.78 is 38.1. The normalized spacial score (nSPS) is 11.3. The number of nitrogens with one attached hydrogen (secondary N) is 2. The smallest absolute Gasteiger partial charge is 0.334 e. The van der Waals surface area contributed by atoms with E-state index in [9.17, 15) is 18.0 Å². The van der Waals surface area contributed by atoms with Crippen molar-refractivity contribution in [3.63, 3.8) is 0 Å². The Balaban J connectivity index is 1.57. The van der Waals surface area contributed by atoms with Gasteiger partial charge in [0.2, 0.25) is 0 Å². The van der Waals surface area contributed by atoms with Gasteiger partial charge in [-0.25, -0.2) is 9.78 Å². The maximum absolute atomic E-state index is 12.7. The monoisotopic (exact) mass is 391 g/mol. The molecule has 1 heterocycles. The molecule has 0 spiro atoms. The minimum absolute atomic E-state index is 0.00771. The molecule has 0 fully saturated rings. The largest absolute Gasteiger partial charge is 0.416 e. The summed E-state index contributed by atoms with van der Waals surface area (Å²) in [6, 6.07) is 11.6. The van der Waals surface area contributed by atoms with Gasteiger partial charge < -0.3 is 10.6 Å². The van der Waals surface area contributed by atoms with Gasteiger partial charge in [-0.15, -0.1) is 11.3 Å². The lowest BCUT2D eigenvalue weighted by atomic mass is 10.1. The molecule has 0 atom stereocenters. The van der Waals surface area contributed by atoms with E-state index in [4.69, 9.17) is 0 Å². The van der Waals surface area contributed by atoms with Gasteiger partial charge in [0.15, 0.2) is 0 Å². The highest BCUT2D eigenvalue weighted by Gasteiger charge is 2.30. The van der Waals surface area contributed by atoms with Crippen LogP contribution in [-0.4, -0.2) is 11.0 Å². The van der Waals surface area contributed by atoms with Gasteiger partial charge in [-0.05, 0) is 48.9 Å². The number of urea groups is 1. The van der Waals surface area contributed by atoms with Crippen LogP contribution >= 0.6 is 11.3 Å². The minimum atomic E-state index is -4.41. The van der Waals surface area contributed by atoms with Gasteiger partial charge in [-0.1, -0.05) is 12.1 Å². The van der Waals surface area contributed by atoms with Gasteiger partial charge in [0.1, 0.15) is 5.01 Å².